The van der Waals surface area contributed by atoms with Crippen molar-refractivity contribution in [2.45, 2.75) is 13.3 Å². The van der Waals surface area contributed by atoms with Crippen molar-refractivity contribution in [2.75, 3.05) is 7.11 Å². The lowest BCUT2D eigenvalue weighted by atomic mass is 10.0. The Morgan fingerprint density at radius 1 is 1.28 bits per heavy atom. The third-order valence-corrected chi connectivity index (χ3v) is 2.77. The van der Waals surface area contributed by atoms with Gasteiger partial charge in [-0.3, -0.25) is 0 Å². The quantitative estimate of drug-likeness (QED) is 0.600. The number of hydrogen-bond donors (Lipinski definition) is 0. The number of rotatable bonds is 2. The maximum absolute atomic E-state index is 13.6. The summed E-state index contributed by atoms with van der Waals surface area (Å²) in [6.07, 6.45) is -0.160. The van der Waals surface area contributed by atoms with Gasteiger partial charge in [0.1, 0.15) is 11.6 Å². The van der Waals surface area contributed by atoms with Crippen molar-refractivity contribution in [3.05, 3.63) is 41.7 Å². The summed E-state index contributed by atoms with van der Waals surface area (Å²) in [5.41, 5.74) is 0.664. The molecule has 0 atom stereocenters. The minimum atomic E-state index is -0.771. The molecule has 0 radical (unpaired) electrons. The minimum absolute atomic E-state index is 0.216. The summed E-state index contributed by atoms with van der Waals surface area (Å²) in [5, 5.41) is 1.66. The van der Waals surface area contributed by atoms with Crippen molar-refractivity contribution in [3.63, 3.8) is 0 Å². The fraction of sp³-hybridized carbons (Fsp3) is 0.214. The summed E-state index contributed by atoms with van der Waals surface area (Å²) in [6, 6.07) is 8.13. The zero-order valence-corrected chi connectivity index (χ0v) is 10.2. The van der Waals surface area contributed by atoms with Gasteiger partial charge < -0.3 is 9.47 Å². The first-order valence-electron chi connectivity index (χ1n) is 5.62. The van der Waals surface area contributed by atoms with Crippen LogP contribution in [0.5, 0.6) is 5.75 Å². The predicted molar refractivity (Wildman–Crippen MR) is 66.3 cm³/mol. The number of ether oxygens (including phenoxy) is 2. The molecule has 0 aliphatic rings. The number of carbonyl (C=O) groups is 1. The van der Waals surface area contributed by atoms with Crippen molar-refractivity contribution < 1.29 is 18.7 Å². The van der Waals surface area contributed by atoms with Crippen LogP contribution in [-0.4, -0.2) is 13.3 Å². The zero-order chi connectivity index (χ0) is 13.1. The molecule has 2 rings (SSSR count). The molecule has 4 heteroatoms. The summed E-state index contributed by atoms with van der Waals surface area (Å²) >= 11 is 0. The van der Waals surface area contributed by atoms with Gasteiger partial charge in [-0.05, 0) is 41.0 Å². The molecule has 3 nitrogen and oxygen atoms in total. The highest BCUT2D eigenvalue weighted by Crippen LogP contribution is 2.26. The number of carbonyl (C=O) groups excluding carboxylic acids is 1. The number of methoxy groups -OCH3 is 1. The molecule has 0 bridgehead atoms. The largest absolute Gasteiger partial charge is 0.513 e. The van der Waals surface area contributed by atoms with Crippen LogP contribution in [0.3, 0.4) is 0 Å². The molecule has 94 valence electrons. The monoisotopic (exact) mass is 248 g/mol. The molecule has 0 saturated heterocycles. The van der Waals surface area contributed by atoms with E-state index in [9.17, 15) is 9.18 Å². The van der Waals surface area contributed by atoms with Crippen LogP contribution >= 0.6 is 0 Å². The first-order chi connectivity index (χ1) is 8.65. The Balaban J connectivity index is 2.47. The van der Waals surface area contributed by atoms with Gasteiger partial charge in [-0.15, -0.1) is 0 Å². The number of hydrogen-bond acceptors (Lipinski definition) is 3. The van der Waals surface area contributed by atoms with Gasteiger partial charge in [-0.2, -0.15) is 0 Å². The van der Waals surface area contributed by atoms with Crippen molar-refractivity contribution in [1.82, 2.24) is 0 Å². The fourth-order valence-corrected chi connectivity index (χ4v) is 1.91. The van der Waals surface area contributed by atoms with Crippen LogP contribution in [0.15, 0.2) is 30.3 Å². The van der Waals surface area contributed by atoms with Gasteiger partial charge in [-0.25, -0.2) is 9.18 Å². The van der Waals surface area contributed by atoms with E-state index in [1.807, 2.05) is 6.92 Å². The fourth-order valence-electron chi connectivity index (χ4n) is 1.91. The Labute approximate surface area is 104 Å². The zero-order valence-electron chi connectivity index (χ0n) is 10.2. The Kier molecular flexibility index (Phi) is 3.46. The third-order valence-electron chi connectivity index (χ3n) is 2.77. The summed E-state index contributed by atoms with van der Waals surface area (Å²) in [6.45, 7) is 1.90. The first kappa shape index (κ1) is 12.4. The van der Waals surface area contributed by atoms with Crippen LogP contribution < -0.4 is 4.74 Å². The van der Waals surface area contributed by atoms with E-state index in [2.05, 4.69) is 4.74 Å². The second-order valence-corrected chi connectivity index (χ2v) is 3.82. The van der Waals surface area contributed by atoms with Crippen LogP contribution in [-0.2, 0) is 11.2 Å². The lowest BCUT2D eigenvalue weighted by Gasteiger charge is -2.08. The van der Waals surface area contributed by atoms with Crippen LogP contribution in [0.2, 0.25) is 0 Å². The second kappa shape index (κ2) is 5.04. The number of fused-ring (bicyclic) bond motifs is 1. The van der Waals surface area contributed by atoms with Gasteiger partial charge in [0.15, 0.2) is 0 Å². The molecule has 0 aliphatic heterocycles. The van der Waals surface area contributed by atoms with E-state index in [4.69, 9.17) is 4.74 Å². The number of aryl methyl sites for hydroxylation is 1. The average Bonchev–Trinajstić information content (AvgIpc) is 2.38. The van der Waals surface area contributed by atoms with E-state index in [0.29, 0.717) is 17.7 Å². The molecule has 18 heavy (non-hydrogen) atoms. The molecule has 0 heterocycles. The van der Waals surface area contributed by atoms with Crippen molar-refractivity contribution in [1.29, 1.82) is 0 Å². The van der Waals surface area contributed by atoms with Crippen LogP contribution in [0.25, 0.3) is 10.8 Å². The van der Waals surface area contributed by atoms with Crippen molar-refractivity contribution in [2.24, 2.45) is 0 Å². The Morgan fingerprint density at radius 2 is 2.06 bits per heavy atom. The van der Waals surface area contributed by atoms with Crippen LogP contribution in [0.1, 0.15) is 12.5 Å². The molecule has 2 aromatic carbocycles. The molecule has 0 aliphatic carbocycles. The van der Waals surface area contributed by atoms with Gasteiger partial charge in [0.05, 0.1) is 7.11 Å². The van der Waals surface area contributed by atoms with E-state index in [-0.39, 0.29) is 5.82 Å². The molecule has 0 N–H and O–H groups in total. The van der Waals surface area contributed by atoms with Crippen molar-refractivity contribution in [3.8, 4) is 5.75 Å². The molecule has 2 aromatic rings. The average molecular weight is 248 g/mol. The van der Waals surface area contributed by atoms with Crippen molar-refractivity contribution >= 4 is 16.9 Å². The molecule has 0 unspecified atom stereocenters. The summed E-state index contributed by atoms with van der Waals surface area (Å²) < 4.78 is 22.9. The highest BCUT2D eigenvalue weighted by molar-refractivity contribution is 5.87. The van der Waals surface area contributed by atoms with E-state index >= 15 is 0 Å². The third kappa shape index (κ3) is 2.27. The van der Waals surface area contributed by atoms with Gasteiger partial charge in [0.25, 0.3) is 0 Å². The second-order valence-electron chi connectivity index (χ2n) is 3.82. The molecule has 0 spiro atoms. The van der Waals surface area contributed by atoms with E-state index in [0.717, 1.165) is 10.8 Å². The molecule has 0 saturated carbocycles. The van der Waals surface area contributed by atoms with Gasteiger partial charge in [0.2, 0.25) is 0 Å². The highest BCUT2D eigenvalue weighted by atomic mass is 19.1. The Hall–Kier alpha value is -2.10. The summed E-state index contributed by atoms with van der Waals surface area (Å²) in [5.74, 6) is 0.162. The molecule has 0 fully saturated rings. The lowest BCUT2D eigenvalue weighted by molar-refractivity contribution is 0.121. The molecular weight excluding hydrogens is 235 g/mol. The predicted octanol–water partition coefficient (Wildman–Crippen LogP) is 3.69. The Morgan fingerprint density at radius 3 is 2.72 bits per heavy atom. The standard InChI is InChI=1S/C14H13FO3/c1-3-11-12-6-5-10(18-14(16)17-2)8-9(12)4-7-13(11)15/h4-8H,3H2,1-2H3. The molecule has 0 amide bonds. The maximum Gasteiger partial charge on any atom is 0.513 e. The molecule has 0 aromatic heterocycles. The Bertz CT molecular complexity index is 593. The number of halogens is 1. The number of benzene rings is 2. The summed E-state index contributed by atoms with van der Waals surface area (Å²) in [4.78, 5) is 11.0. The van der Waals surface area contributed by atoms with Crippen LogP contribution in [0, 0.1) is 5.82 Å². The smallest absolute Gasteiger partial charge is 0.437 e. The molecular formula is C14H13FO3. The minimum Gasteiger partial charge on any atom is -0.437 e. The maximum atomic E-state index is 13.6. The van der Waals surface area contributed by atoms with Crippen LogP contribution in [0.4, 0.5) is 9.18 Å². The van der Waals surface area contributed by atoms with Gasteiger partial charge in [-0.1, -0.05) is 19.1 Å². The topological polar surface area (TPSA) is 35.5 Å². The van der Waals surface area contributed by atoms with E-state index in [1.54, 1.807) is 24.3 Å². The summed E-state index contributed by atoms with van der Waals surface area (Å²) in [7, 11) is 1.24. The normalized spacial score (nSPS) is 10.4. The lowest BCUT2D eigenvalue weighted by Crippen LogP contribution is -2.07. The SMILES string of the molecule is CCc1c(F)ccc2cc(OC(=O)OC)ccc12. The van der Waals surface area contributed by atoms with Gasteiger partial charge >= 0.3 is 6.16 Å². The highest BCUT2D eigenvalue weighted by Gasteiger charge is 2.08. The van der Waals surface area contributed by atoms with Gasteiger partial charge in [0, 0.05) is 0 Å². The van der Waals surface area contributed by atoms with E-state index in [1.165, 1.54) is 13.2 Å². The van der Waals surface area contributed by atoms with E-state index < -0.39 is 6.16 Å². The first-order valence-corrected chi connectivity index (χ1v) is 5.62.